The summed E-state index contributed by atoms with van der Waals surface area (Å²) in [7, 11) is 3.12. The van der Waals surface area contributed by atoms with E-state index in [-0.39, 0.29) is 5.91 Å². The average Bonchev–Trinajstić information content (AvgIpc) is 2.73. The Bertz CT molecular complexity index is 914. The molecular weight excluding hydrogens is 342 g/mol. The number of anilines is 2. The van der Waals surface area contributed by atoms with E-state index in [4.69, 9.17) is 9.47 Å². The van der Waals surface area contributed by atoms with Crippen molar-refractivity contribution in [2.24, 2.45) is 0 Å². The van der Waals surface area contributed by atoms with Crippen molar-refractivity contribution in [3.8, 4) is 11.5 Å². The van der Waals surface area contributed by atoms with E-state index in [2.05, 4.69) is 15.6 Å². The standard InChI is InChI=1S/C21H21N3O3/c1-26-18-9-8-17(13-19(18)27-2)24-21(25)16-10-11-22-20(12-16)23-14-15-6-4-3-5-7-15/h3-13H,14H2,1-2H3,(H,22,23)(H,24,25). The molecule has 2 N–H and O–H groups in total. The lowest BCUT2D eigenvalue weighted by Gasteiger charge is -2.11. The fraction of sp³-hybridized carbons (Fsp3) is 0.143. The SMILES string of the molecule is COc1ccc(NC(=O)c2ccnc(NCc3ccccc3)c2)cc1OC. The fourth-order valence-electron chi connectivity index (χ4n) is 2.57. The fourth-order valence-corrected chi connectivity index (χ4v) is 2.57. The zero-order valence-electron chi connectivity index (χ0n) is 15.2. The van der Waals surface area contributed by atoms with Crippen molar-refractivity contribution in [3.05, 3.63) is 78.0 Å². The van der Waals surface area contributed by atoms with Gasteiger partial charge in [-0.3, -0.25) is 4.79 Å². The number of aromatic nitrogens is 1. The van der Waals surface area contributed by atoms with Crippen molar-refractivity contribution < 1.29 is 14.3 Å². The molecule has 0 saturated heterocycles. The number of hydrogen-bond acceptors (Lipinski definition) is 5. The molecule has 6 nitrogen and oxygen atoms in total. The number of amides is 1. The minimum Gasteiger partial charge on any atom is -0.493 e. The van der Waals surface area contributed by atoms with E-state index in [0.29, 0.717) is 35.1 Å². The van der Waals surface area contributed by atoms with Gasteiger partial charge in [-0.15, -0.1) is 0 Å². The predicted molar refractivity (Wildman–Crippen MR) is 106 cm³/mol. The Kier molecular flexibility index (Phi) is 5.89. The lowest BCUT2D eigenvalue weighted by molar-refractivity contribution is 0.102. The van der Waals surface area contributed by atoms with Crippen LogP contribution in [0.4, 0.5) is 11.5 Å². The van der Waals surface area contributed by atoms with Crippen LogP contribution in [-0.4, -0.2) is 25.1 Å². The third-order valence-corrected chi connectivity index (χ3v) is 3.98. The number of hydrogen-bond donors (Lipinski definition) is 2. The van der Waals surface area contributed by atoms with Crippen LogP contribution < -0.4 is 20.1 Å². The molecule has 1 heterocycles. The molecule has 27 heavy (non-hydrogen) atoms. The maximum atomic E-state index is 12.6. The highest BCUT2D eigenvalue weighted by atomic mass is 16.5. The summed E-state index contributed by atoms with van der Waals surface area (Å²) < 4.78 is 10.5. The molecular formula is C21H21N3O3. The van der Waals surface area contributed by atoms with Crippen molar-refractivity contribution in [2.45, 2.75) is 6.54 Å². The summed E-state index contributed by atoms with van der Waals surface area (Å²) in [4.78, 5) is 16.8. The van der Waals surface area contributed by atoms with Gasteiger partial charge in [0.15, 0.2) is 11.5 Å². The number of pyridine rings is 1. The first-order valence-electron chi connectivity index (χ1n) is 8.47. The zero-order valence-corrected chi connectivity index (χ0v) is 15.2. The summed E-state index contributed by atoms with van der Waals surface area (Å²) >= 11 is 0. The van der Waals surface area contributed by atoms with Gasteiger partial charge in [-0.2, -0.15) is 0 Å². The number of ether oxygens (including phenoxy) is 2. The van der Waals surface area contributed by atoms with Crippen LogP contribution in [0.1, 0.15) is 15.9 Å². The summed E-state index contributed by atoms with van der Waals surface area (Å²) in [6.07, 6.45) is 1.61. The van der Waals surface area contributed by atoms with Crippen molar-refractivity contribution in [1.29, 1.82) is 0 Å². The van der Waals surface area contributed by atoms with Crippen molar-refractivity contribution in [1.82, 2.24) is 4.98 Å². The molecule has 0 aliphatic rings. The minimum atomic E-state index is -0.229. The molecule has 3 aromatic rings. The lowest BCUT2D eigenvalue weighted by atomic mass is 10.2. The van der Waals surface area contributed by atoms with Crippen LogP contribution in [0, 0.1) is 0 Å². The van der Waals surface area contributed by atoms with E-state index in [1.807, 2.05) is 30.3 Å². The Labute approximate surface area is 158 Å². The van der Waals surface area contributed by atoms with E-state index < -0.39 is 0 Å². The lowest BCUT2D eigenvalue weighted by Crippen LogP contribution is -2.13. The van der Waals surface area contributed by atoms with Crippen LogP contribution in [0.2, 0.25) is 0 Å². The molecule has 0 unspecified atom stereocenters. The first-order valence-corrected chi connectivity index (χ1v) is 8.47. The number of methoxy groups -OCH3 is 2. The van der Waals surface area contributed by atoms with Crippen molar-refractivity contribution in [3.63, 3.8) is 0 Å². The molecule has 0 aliphatic carbocycles. The second kappa shape index (κ2) is 8.71. The van der Waals surface area contributed by atoms with Gasteiger partial charge < -0.3 is 20.1 Å². The van der Waals surface area contributed by atoms with Crippen LogP contribution in [0.15, 0.2) is 66.9 Å². The van der Waals surface area contributed by atoms with Gasteiger partial charge in [0, 0.05) is 30.1 Å². The highest BCUT2D eigenvalue weighted by Crippen LogP contribution is 2.29. The molecule has 0 aliphatic heterocycles. The summed E-state index contributed by atoms with van der Waals surface area (Å²) in [5.74, 6) is 1.56. The highest BCUT2D eigenvalue weighted by Gasteiger charge is 2.10. The predicted octanol–water partition coefficient (Wildman–Crippen LogP) is 3.96. The summed E-state index contributed by atoms with van der Waals surface area (Å²) in [5.41, 5.74) is 2.27. The van der Waals surface area contributed by atoms with Gasteiger partial charge >= 0.3 is 0 Å². The summed E-state index contributed by atoms with van der Waals surface area (Å²) in [6.45, 7) is 0.634. The van der Waals surface area contributed by atoms with E-state index in [9.17, 15) is 4.79 Å². The highest BCUT2D eigenvalue weighted by molar-refractivity contribution is 6.04. The Balaban J connectivity index is 1.68. The Hall–Kier alpha value is -3.54. The first kappa shape index (κ1) is 18.3. The van der Waals surface area contributed by atoms with Crippen LogP contribution in [0.25, 0.3) is 0 Å². The normalized spacial score (nSPS) is 10.1. The third kappa shape index (κ3) is 4.76. The monoisotopic (exact) mass is 363 g/mol. The Morgan fingerprint density at radius 1 is 0.963 bits per heavy atom. The molecule has 138 valence electrons. The third-order valence-electron chi connectivity index (χ3n) is 3.98. The largest absolute Gasteiger partial charge is 0.493 e. The molecule has 0 spiro atoms. The van der Waals surface area contributed by atoms with E-state index in [1.54, 1.807) is 50.7 Å². The van der Waals surface area contributed by atoms with Crippen molar-refractivity contribution in [2.75, 3.05) is 24.9 Å². The molecule has 3 rings (SSSR count). The number of benzene rings is 2. The topological polar surface area (TPSA) is 72.5 Å². The summed E-state index contributed by atoms with van der Waals surface area (Å²) in [5, 5.41) is 6.08. The van der Waals surface area contributed by atoms with Gasteiger partial charge in [0.1, 0.15) is 5.82 Å². The van der Waals surface area contributed by atoms with E-state index in [1.165, 1.54) is 0 Å². The number of nitrogens with zero attached hydrogens (tertiary/aromatic N) is 1. The number of carbonyl (C=O) groups is 1. The molecule has 2 aromatic carbocycles. The number of carbonyl (C=O) groups excluding carboxylic acids is 1. The molecule has 1 aromatic heterocycles. The average molecular weight is 363 g/mol. The quantitative estimate of drug-likeness (QED) is 0.665. The smallest absolute Gasteiger partial charge is 0.255 e. The van der Waals surface area contributed by atoms with Gasteiger partial charge in [-0.1, -0.05) is 30.3 Å². The van der Waals surface area contributed by atoms with Gasteiger partial charge in [0.25, 0.3) is 5.91 Å². The van der Waals surface area contributed by atoms with Gasteiger partial charge in [0.2, 0.25) is 0 Å². The van der Waals surface area contributed by atoms with Gasteiger partial charge in [0.05, 0.1) is 14.2 Å². The second-order valence-corrected chi connectivity index (χ2v) is 5.79. The number of nitrogens with one attached hydrogen (secondary N) is 2. The summed E-state index contributed by atoms with van der Waals surface area (Å²) in [6, 6.07) is 18.6. The molecule has 0 fully saturated rings. The van der Waals surface area contributed by atoms with Crippen LogP contribution in [0.3, 0.4) is 0 Å². The minimum absolute atomic E-state index is 0.229. The maximum absolute atomic E-state index is 12.6. The van der Waals surface area contributed by atoms with E-state index in [0.717, 1.165) is 5.56 Å². The van der Waals surface area contributed by atoms with Crippen molar-refractivity contribution >= 4 is 17.4 Å². The maximum Gasteiger partial charge on any atom is 0.255 e. The molecule has 0 radical (unpaired) electrons. The molecule has 0 atom stereocenters. The zero-order chi connectivity index (χ0) is 19.1. The first-order chi connectivity index (χ1) is 13.2. The molecule has 1 amide bonds. The van der Waals surface area contributed by atoms with Crippen LogP contribution >= 0.6 is 0 Å². The van der Waals surface area contributed by atoms with E-state index >= 15 is 0 Å². The second-order valence-electron chi connectivity index (χ2n) is 5.79. The van der Waals surface area contributed by atoms with Gasteiger partial charge in [-0.25, -0.2) is 4.98 Å². The number of rotatable bonds is 7. The van der Waals surface area contributed by atoms with Gasteiger partial charge in [-0.05, 0) is 29.8 Å². The Morgan fingerprint density at radius 3 is 2.48 bits per heavy atom. The molecule has 0 saturated carbocycles. The molecule has 0 bridgehead atoms. The van der Waals surface area contributed by atoms with Crippen LogP contribution in [0.5, 0.6) is 11.5 Å². The van der Waals surface area contributed by atoms with Crippen LogP contribution in [-0.2, 0) is 6.54 Å². The molecule has 6 heteroatoms. The Morgan fingerprint density at radius 2 is 1.74 bits per heavy atom.